The molecule has 1 amide bonds. The van der Waals surface area contributed by atoms with E-state index in [1.165, 1.54) is 36.6 Å². The number of rotatable bonds is 6. The molecule has 1 aliphatic carbocycles. The molecule has 1 aliphatic rings. The second-order valence-corrected chi connectivity index (χ2v) is 9.67. The van der Waals surface area contributed by atoms with Crippen molar-refractivity contribution >= 4 is 15.9 Å². The second-order valence-electron chi connectivity index (χ2n) is 7.62. The van der Waals surface area contributed by atoms with Gasteiger partial charge in [-0.1, -0.05) is 43.4 Å². The SMILES string of the molecule is Cc1ccc(S(=O)(=O)N(C)Cc2ncc(C(=O)NC3CCCCCC3)cn2)cc1. The number of sulfonamides is 1. The monoisotopic (exact) mass is 416 g/mol. The Morgan fingerprint density at radius 2 is 1.66 bits per heavy atom. The zero-order chi connectivity index (χ0) is 20.9. The molecule has 3 rings (SSSR count). The standard InChI is InChI=1S/C21H28N4O3S/c1-16-9-11-19(12-10-16)29(27,28)25(2)15-20-22-13-17(14-23-20)21(26)24-18-7-5-3-4-6-8-18/h9-14,18H,3-8,15H2,1-2H3,(H,24,26). The van der Waals surface area contributed by atoms with Gasteiger partial charge in [0.25, 0.3) is 5.91 Å². The summed E-state index contributed by atoms with van der Waals surface area (Å²) in [4.78, 5) is 21.0. The molecule has 29 heavy (non-hydrogen) atoms. The summed E-state index contributed by atoms with van der Waals surface area (Å²) in [5.41, 5.74) is 1.38. The molecule has 0 saturated heterocycles. The lowest BCUT2D eigenvalue weighted by molar-refractivity contribution is 0.0932. The molecule has 1 N–H and O–H groups in total. The van der Waals surface area contributed by atoms with E-state index in [-0.39, 0.29) is 23.4 Å². The molecule has 1 heterocycles. The number of hydrogen-bond acceptors (Lipinski definition) is 5. The summed E-state index contributed by atoms with van der Waals surface area (Å²) in [6.07, 6.45) is 9.66. The summed E-state index contributed by atoms with van der Waals surface area (Å²) >= 11 is 0. The van der Waals surface area contributed by atoms with Crippen LogP contribution in [0.15, 0.2) is 41.6 Å². The normalized spacial score (nSPS) is 15.8. The lowest BCUT2D eigenvalue weighted by Gasteiger charge is -2.17. The van der Waals surface area contributed by atoms with E-state index in [2.05, 4.69) is 15.3 Å². The van der Waals surface area contributed by atoms with Crippen molar-refractivity contribution < 1.29 is 13.2 Å². The predicted octanol–water partition coefficient (Wildman–Crippen LogP) is 3.06. The first-order valence-corrected chi connectivity index (χ1v) is 11.4. The highest BCUT2D eigenvalue weighted by Crippen LogP contribution is 2.18. The molecule has 1 aromatic heterocycles. The van der Waals surface area contributed by atoms with Crippen LogP contribution in [0.5, 0.6) is 0 Å². The maximum Gasteiger partial charge on any atom is 0.254 e. The van der Waals surface area contributed by atoms with Crippen LogP contribution in [0, 0.1) is 6.92 Å². The lowest BCUT2D eigenvalue weighted by atomic mass is 10.1. The minimum absolute atomic E-state index is 0.0285. The molecular weight excluding hydrogens is 388 g/mol. The van der Waals surface area contributed by atoms with E-state index < -0.39 is 10.0 Å². The third-order valence-electron chi connectivity index (χ3n) is 5.25. The molecule has 1 saturated carbocycles. The molecule has 8 heteroatoms. The highest BCUT2D eigenvalue weighted by atomic mass is 32.2. The number of hydrogen-bond donors (Lipinski definition) is 1. The Kier molecular flexibility index (Phi) is 6.97. The number of nitrogens with one attached hydrogen (secondary N) is 1. The average Bonchev–Trinajstić information content (AvgIpc) is 2.97. The number of amides is 1. The summed E-state index contributed by atoms with van der Waals surface area (Å²) < 4.78 is 26.6. The third kappa shape index (κ3) is 5.61. The zero-order valence-corrected chi connectivity index (χ0v) is 17.8. The van der Waals surface area contributed by atoms with Crippen LogP contribution in [0.25, 0.3) is 0 Å². The van der Waals surface area contributed by atoms with Gasteiger partial charge in [-0.05, 0) is 31.9 Å². The smallest absolute Gasteiger partial charge is 0.254 e. The maximum absolute atomic E-state index is 12.7. The maximum atomic E-state index is 12.7. The van der Waals surface area contributed by atoms with E-state index >= 15 is 0 Å². The van der Waals surface area contributed by atoms with Gasteiger partial charge < -0.3 is 5.32 Å². The quantitative estimate of drug-likeness (QED) is 0.731. The molecule has 2 aromatic rings. The van der Waals surface area contributed by atoms with Crippen LogP contribution in [0.3, 0.4) is 0 Å². The van der Waals surface area contributed by atoms with Gasteiger partial charge in [0.2, 0.25) is 10.0 Å². The van der Waals surface area contributed by atoms with Gasteiger partial charge in [-0.2, -0.15) is 4.31 Å². The fraction of sp³-hybridized carbons (Fsp3) is 0.476. The van der Waals surface area contributed by atoms with Crippen LogP contribution in [0.1, 0.15) is 60.3 Å². The van der Waals surface area contributed by atoms with Gasteiger partial charge in [0.05, 0.1) is 17.0 Å². The van der Waals surface area contributed by atoms with Crippen molar-refractivity contribution in [1.82, 2.24) is 19.6 Å². The Balaban J connectivity index is 1.62. The number of carbonyl (C=O) groups is 1. The molecule has 0 bridgehead atoms. The van der Waals surface area contributed by atoms with Crippen LogP contribution in [0.4, 0.5) is 0 Å². The Labute approximate surface area is 172 Å². The number of benzene rings is 1. The molecule has 0 aliphatic heterocycles. The summed E-state index contributed by atoms with van der Waals surface area (Å²) in [6.45, 7) is 1.93. The van der Waals surface area contributed by atoms with Gasteiger partial charge in [0, 0.05) is 25.5 Å². The molecule has 0 radical (unpaired) electrons. The van der Waals surface area contributed by atoms with Gasteiger partial charge >= 0.3 is 0 Å². The molecule has 0 spiro atoms. The second kappa shape index (κ2) is 9.45. The van der Waals surface area contributed by atoms with Gasteiger partial charge in [-0.25, -0.2) is 18.4 Å². The fourth-order valence-electron chi connectivity index (χ4n) is 3.42. The lowest BCUT2D eigenvalue weighted by Crippen LogP contribution is -2.34. The summed E-state index contributed by atoms with van der Waals surface area (Å²) in [5.74, 6) is 0.165. The van der Waals surface area contributed by atoms with Crippen LogP contribution >= 0.6 is 0 Å². The van der Waals surface area contributed by atoms with Crippen molar-refractivity contribution in [3.05, 3.63) is 53.6 Å². The molecular formula is C21H28N4O3S. The zero-order valence-electron chi connectivity index (χ0n) is 17.0. The van der Waals surface area contributed by atoms with E-state index in [4.69, 9.17) is 0 Å². The highest BCUT2D eigenvalue weighted by molar-refractivity contribution is 7.89. The van der Waals surface area contributed by atoms with Gasteiger partial charge in [-0.3, -0.25) is 4.79 Å². The first kappa shape index (κ1) is 21.4. The minimum Gasteiger partial charge on any atom is -0.349 e. The summed E-state index contributed by atoms with van der Waals surface area (Å²) in [6, 6.07) is 6.90. The number of carbonyl (C=O) groups excluding carboxylic acids is 1. The van der Waals surface area contributed by atoms with Crippen molar-refractivity contribution in [3.63, 3.8) is 0 Å². The van der Waals surface area contributed by atoms with Gasteiger partial charge in [0.15, 0.2) is 0 Å². The van der Waals surface area contributed by atoms with Gasteiger partial charge in [0.1, 0.15) is 5.82 Å². The average molecular weight is 417 g/mol. The Morgan fingerprint density at radius 3 is 2.24 bits per heavy atom. The molecule has 7 nitrogen and oxygen atoms in total. The molecule has 156 valence electrons. The van der Waals surface area contributed by atoms with Crippen LogP contribution < -0.4 is 5.32 Å². The van der Waals surface area contributed by atoms with Crippen LogP contribution in [-0.4, -0.2) is 41.7 Å². The first-order valence-electron chi connectivity index (χ1n) is 10.0. The predicted molar refractivity (Wildman–Crippen MR) is 111 cm³/mol. The van der Waals surface area contributed by atoms with Crippen molar-refractivity contribution in [2.45, 2.75) is 62.9 Å². The highest BCUT2D eigenvalue weighted by Gasteiger charge is 2.22. The topological polar surface area (TPSA) is 92.3 Å². The molecule has 1 fully saturated rings. The van der Waals surface area contributed by atoms with E-state index in [0.717, 1.165) is 31.2 Å². The Morgan fingerprint density at radius 1 is 1.07 bits per heavy atom. The molecule has 0 unspecified atom stereocenters. The van der Waals surface area contributed by atoms with Gasteiger partial charge in [-0.15, -0.1) is 0 Å². The minimum atomic E-state index is -3.63. The molecule has 0 atom stereocenters. The summed E-state index contributed by atoms with van der Waals surface area (Å²) in [5, 5.41) is 3.06. The van der Waals surface area contributed by atoms with E-state index in [1.807, 2.05) is 6.92 Å². The summed E-state index contributed by atoms with van der Waals surface area (Å²) in [7, 11) is -2.14. The Hall–Kier alpha value is -2.32. The van der Waals surface area contributed by atoms with E-state index in [1.54, 1.807) is 24.3 Å². The van der Waals surface area contributed by atoms with Crippen molar-refractivity contribution in [3.8, 4) is 0 Å². The van der Waals surface area contributed by atoms with Crippen LogP contribution in [0.2, 0.25) is 0 Å². The molecule has 1 aromatic carbocycles. The number of aromatic nitrogens is 2. The third-order valence-corrected chi connectivity index (χ3v) is 7.07. The van der Waals surface area contributed by atoms with E-state index in [0.29, 0.717) is 11.4 Å². The van der Waals surface area contributed by atoms with E-state index in [9.17, 15) is 13.2 Å². The van der Waals surface area contributed by atoms with Crippen LogP contribution in [-0.2, 0) is 16.6 Å². The van der Waals surface area contributed by atoms with Crippen molar-refractivity contribution in [2.24, 2.45) is 0 Å². The Bertz CT molecular complexity index is 919. The van der Waals surface area contributed by atoms with Crippen molar-refractivity contribution in [2.75, 3.05) is 7.05 Å². The van der Waals surface area contributed by atoms with Crippen molar-refractivity contribution in [1.29, 1.82) is 0 Å². The number of nitrogens with zero attached hydrogens (tertiary/aromatic N) is 3. The largest absolute Gasteiger partial charge is 0.349 e. The first-order chi connectivity index (χ1) is 13.9. The number of aryl methyl sites for hydroxylation is 1. The fourth-order valence-corrected chi connectivity index (χ4v) is 4.55.